The van der Waals surface area contributed by atoms with Gasteiger partial charge in [0.05, 0.1) is 16.6 Å². The number of aryl methyl sites for hydroxylation is 2. The lowest BCUT2D eigenvalue weighted by Crippen LogP contribution is -2.46. The molecule has 1 aromatic heterocycles. The topological polar surface area (TPSA) is 90.3 Å². The van der Waals surface area contributed by atoms with Crippen LogP contribution in [0.2, 0.25) is 0 Å². The van der Waals surface area contributed by atoms with Crippen LogP contribution < -0.4 is 10.9 Å². The zero-order valence-corrected chi connectivity index (χ0v) is 16.0. The fraction of sp³-hybridized carbons (Fsp3) is 0.474. The molecule has 7 heteroatoms. The average Bonchev–Trinajstić information content (AvgIpc) is 2.54. The second-order valence-corrected chi connectivity index (χ2v) is 7.24. The van der Waals surface area contributed by atoms with Crippen LogP contribution in [-0.4, -0.2) is 33.1 Å². The Hall–Kier alpha value is -2.70. The number of aromatic nitrogens is 2. The molecule has 0 fully saturated rings. The van der Waals surface area contributed by atoms with Crippen LogP contribution in [0.1, 0.15) is 50.7 Å². The van der Waals surface area contributed by atoms with E-state index in [1.807, 2.05) is 27.7 Å². The number of benzene rings is 1. The molecule has 1 aromatic carbocycles. The number of carbonyl (C=O) groups is 2. The van der Waals surface area contributed by atoms with Crippen molar-refractivity contribution < 1.29 is 14.3 Å². The van der Waals surface area contributed by atoms with Gasteiger partial charge in [0.1, 0.15) is 5.69 Å². The molecular weight excluding hydrogens is 334 g/mol. The SMILES string of the molecule is CCn1c(=O)c(C)nc2cc(C(=O)O[C@@H](C)C(=O)NC(C)(C)C)ccc21. The summed E-state index contributed by atoms with van der Waals surface area (Å²) in [5.74, 6) is -0.974. The molecule has 2 rings (SSSR count). The molecule has 1 atom stereocenters. The Bertz CT molecular complexity index is 909. The van der Waals surface area contributed by atoms with E-state index in [1.165, 1.54) is 6.92 Å². The molecule has 0 unspecified atom stereocenters. The lowest BCUT2D eigenvalue weighted by atomic mass is 10.1. The van der Waals surface area contributed by atoms with Gasteiger partial charge in [-0.15, -0.1) is 0 Å². The lowest BCUT2D eigenvalue weighted by Gasteiger charge is -2.23. The van der Waals surface area contributed by atoms with Crippen LogP contribution in [0.4, 0.5) is 0 Å². The van der Waals surface area contributed by atoms with E-state index in [-0.39, 0.29) is 17.0 Å². The molecule has 0 aliphatic rings. The van der Waals surface area contributed by atoms with E-state index in [1.54, 1.807) is 29.7 Å². The third kappa shape index (κ3) is 4.28. The molecule has 1 amide bonds. The molecule has 0 radical (unpaired) electrons. The second-order valence-electron chi connectivity index (χ2n) is 7.24. The van der Waals surface area contributed by atoms with Crippen LogP contribution in [0.5, 0.6) is 0 Å². The molecule has 26 heavy (non-hydrogen) atoms. The molecular formula is C19H25N3O4. The number of carbonyl (C=O) groups excluding carboxylic acids is 2. The van der Waals surface area contributed by atoms with Crippen LogP contribution in [-0.2, 0) is 16.1 Å². The zero-order chi connectivity index (χ0) is 19.6. The van der Waals surface area contributed by atoms with E-state index in [0.29, 0.717) is 23.3 Å². The maximum Gasteiger partial charge on any atom is 0.338 e. The van der Waals surface area contributed by atoms with Gasteiger partial charge in [-0.05, 0) is 59.7 Å². The van der Waals surface area contributed by atoms with E-state index in [2.05, 4.69) is 10.3 Å². The van der Waals surface area contributed by atoms with Crippen LogP contribution in [0.15, 0.2) is 23.0 Å². The fourth-order valence-electron chi connectivity index (χ4n) is 2.57. The summed E-state index contributed by atoms with van der Waals surface area (Å²) in [6.45, 7) is 11.1. The Labute approximate surface area is 152 Å². The summed E-state index contributed by atoms with van der Waals surface area (Å²) in [6, 6.07) is 4.81. The summed E-state index contributed by atoms with van der Waals surface area (Å²) < 4.78 is 6.86. The molecule has 2 aromatic rings. The third-order valence-corrected chi connectivity index (χ3v) is 3.81. The summed E-state index contributed by atoms with van der Waals surface area (Å²) in [7, 11) is 0. The third-order valence-electron chi connectivity index (χ3n) is 3.81. The van der Waals surface area contributed by atoms with E-state index in [9.17, 15) is 14.4 Å². The van der Waals surface area contributed by atoms with Gasteiger partial charge in [0.2, 0.25) is 0 Å². The Balaban J connectivity index is 2.27. The van der Waals surface area contributed by atoms with Gasteiger partial charge in [-0.2, -0.15) is 0 Å². The van der Waals surface area contributed by atoms with Crippen molar-refractivity contribution >= 4 is 22.9 Å². The number of nitrogens with zero attached hydrogens (tertiary/aromatic N) is 2. The number of ether oxygens (including phenoxy) is 1. The van der Waals surface area contributed by atoms with Crippen molar-refractivity contribution in [1.29, 1.82) is 0 Å². The first kappa shape index (κ1) is 19.6. The second kappa shape index (κ2) is 7.27. The van der Waals surface area contributed by atoms with Gasteiger partial charge in [-0.25, -0.2) is 9.78 Å². The lowest BCUT2D eigenvalue weighted by molar-refractivity contribution is -0.130. The number of esters is 1. The molecule has 7 nitrogen and oxygen atoms in total. The normalized spacial score (nSPS) is 12.7. The van der Waals surface area contributed by atoms with E-state index < -0.39 is 17.6 Å². The quantitative estimate of drug-likeness (QED) is 0.845. The predicted octanol–water partition coefficient (Wildman–Crippen LogP) is 2.18. The van der Waals surface area contributed by atoms with Gasteiger partial charge in [0.25, 0.3) is 11.5 Å². The Morgan fingerprint density at radius 1 is 1.31 bits per heavy atom. The molecule has 1 heterocycles. The van der Waals surface area contributed by atoms with Crippen LogP contribution in [0.25, 0.3) is 11.0 Å². The summed E-state index contributed by atoms with van der Waals surface area (Å²) in [5.41, 5.74) is 1.27. The standard InChI is InChI=1S/C19H25N3O4/c1-7-22-15-9-8-13(10-14(15)20-11(2)17(22)24)18(25)26-12(3)16(23)21-19(4,5)6/h8-10,12H,7H2,1-6H3,(H,21,23)/t12-/m0/s1. The molecule has 0 aliphatic carbocycles. The van der Waals surface area contributed by atoms with Gasteiger partial charge in [-0.1, -0.05) is 0 Å². The maximum absolute atomic E-state index is 12.4. The van der Waals surface area contributed by atoms with Crippen molar-refractivity contribution in [3.63, 3.8) is 0 Å². The first-order valence-corrected chi connectivity index (χ1v) is 8.57. The highest BCUT2D eigenvalue weighted by atomic mass is 16.5. The van der Waals surface area contributed by atoms with Crippen molar-refractivity contribution in [2.24, 2.45) is 0 Å². The largest absolute Gasteiger partial charge is 0.449 e. The smallest absolute Gasteiger partial charge is 0.338 e. The number of hydrogen-bond donors (Lipinski definition) is 1. The Morgan fingerprint density at radius 2 is 1.96 bits per heavy atom. The molecule has 0 saturated carbocycles. The van der Waals surface area contributed by atoms with Crippen LogP contribution in [0, 0.1) is 6.92 Å². The number of nitrogens with one attached hydrogen (secondary N) is 1. The molecule has 0 bridgehead atoms. The van der Waals surface area contributed by atoms with Gasteiger partial charge in [0, 0.05) is 12.1 Å². The first-order chi connectivity index (χ1) is 12.0. The fourth-order valence-corrected chi connectivity index (χ4v) is 2.57. The molecule has 0 spiro atoms. The predicted molar refractivity (Wildman–Crippen MR) is 99.2 cm³/mol. The maximum atomic E-state index is 12.4. The highest BCUT2D eigenvalue weighted by molar-refractivity contribution is 5.95. The summed E-state index contributed by atoms with van der Waals surface area (Å²) >= 11 is 0. The zero-order valence-electron chi connectivity index (χ0n) is 16.0. The monoisotopic (exact) mass is 359 g/mol. The van der Waals surface area contributed by atoms with Gasteiger partial charge >= 0.3 is 5.97 Å². The molecule has 0 aliphatic heterocycles. The number of rotatable bonds is 4. The van der Waals surface area contributed by atoms with E-state index >= 15 is 0 Å². The summed E-state index contributed by atoms with van der Waals surface area (Å²) in [6.07, 6.45) is -0.920. The minimum Gasteiger partial charge on any atom is -0.449 e. The summed E-state index contributed by atoms with van der Waals surface area (Å²) in [5, 5.41) is 2.77. The Kier molecular flexibility index (Phi) is 5.49. The van der Waals surface area contributed by atoms with Gasteiger partial charge < -0.3 is 14.6 Å². The number of hydrogen-bond acceptors (Lipinski definition) is 5. The highest BCUT2D eigenvalue weighted by Crippen LogP contribution is 2.15. The van der Waals surface area contributed by atoms with Crippen molar-refractivity contribution in [1.82, 2.24) is 14.9 Å². The number of amides is 1. The van der Waals surface area contributed by atoms with Crippen molar-refractivity contribution in [2.45, 2.75) is 59.7 Å². The molecule has 140 valence electrons. The number of fused-ring (bicyclic) bond motifs is 1. The molecule has 1 N–H and O–H groups in total. The van der Waals surface area contributed by atoms with Crippen molar-refractivity contribution in [3.05, 3.63) is 39.8 Å². The van der Waals surface area contributed by atoms with Gasteiger partial charge in [0.15, 0.2) is 6.10 Å². The summed E-state index contributed by atoms with van der Waals surface area (Å²) in [4.78, 5) is 40.8. The minimum absolute atomic E-state index is 0.150. The van der Waals surface area contributed by atoms with Crippen molar-refractivity contribution in [2.75, 3.05) is 0 Å². The highest BCUT2D eigenvalue weighted by Gasteiger charge is 2.23. The van der Waals surface area contributed by atoms with Crippen LogP contribution in [0.3, 0.4) is 0 Å². The van der Waals surface area contributed by atoms with Crippen molar-refractivity contribution in [3.8, 4) is 0 Å². The van der Waals surface area contributed by atoms with Gasteiger partial charge in [-0.3, -0.25) is 9.59 Å². The van der Waals surface area contributed by atoms with Crippen LogP contribution >= 0.6 is 0 Å². The van der Waals surface area contributed by atoms with E-state index in [4.69, 9.17) is 4.74 Å². The Morgan fingerprint density at radius 3 is 2.54 bits per heavy atom. The van der Waals surface area contributed by atoms with E-state index in [0.717, 1.165) is 0 Å². The minimum atomic E-state index is -0.920. The molecule has 0 saturated heterocycles. The average molecular weight is 359 g/mol. The first-order valence-electron chi connectivity index (χ1n) is 8.57.